The summed E-state index contributed by atoms with van der Waals surface area (Å²) in [5.74, 6) is -0.311. The van der Waals surface area contributed by atoms with Gasteiger partial charge in [-0.1, -0.05) is 32.0 Å². The van der Waals surface area contributed by atoms with Crippen molar-refractivity contribution in [3.63, 3.8) is 0 Å². The Hall–Kier alpha value is -2.62. The van der Waals surface area contributed by atoms with Gasteiger partial charge in [0.1, 0.15) is 17.5 Å². The molecule has 0 aliphatic carbocycles. The van der Waals surface area contributed by atoms with Crippen molar-refractivity contribution in [2.45, 2.75) is 46.4 Å². The molecule has 0 unspecified atom stereocenters. The second-order valence-corrected chi connectivity index (χ2v) is 5.82. The normalized spacial score (nSPS) is 18.0. The van der Waals surface area contributed by atoms with Crippen LogP contribution in [-0.4, -0.2) is 39.2 Å². The molecule has 1 aliphatic heterocycles. The van der Waals surface area contributed by atoms with Gasteiger partial charge in [-0.05, 0) is 19.9 Å². The van der Waals surface area contributed by atoms with E-state index in [0.29, 0.717) is 23.4 Å². The lowest BCUT2D eigenvalue weighted by Gasteiger charge is -2.34. The molecule has 156 valence electrons. The summed E-state index contributed by atoms with van der Waals surface area (Å²) in [7, 11) is 0. The van der Waals surface area contributed by atoms with Gasteiger partial charge in [0, 0.05) is 16.8 Å². The molecule has 1 saturated heterocycles. The summed E-state index contributed by atoms with van der Waals surface area (Å²) in [6.07, 6.45) is 1.47. The number of hydrogen-bond donors (Lipinski definition) is 1. The Morgan fingerprint density at radius 3 is 2.54 bits per heavy atom. The van der Waals surface area contributed by atoms with Crippen molar-refractivity contribution in [1.29, 1.82) is 0 Å². The highest BCUT2D eigenvalue weighted by Crippen LogP contribution is 2.23. The second-order valence-electron chi connectivity index (χ2n) is 5.82. The van der Waals surface area contributed by atoms with E-state index in [1.165, 1.54) is 16.9 Å². The summed E-state index contributed by atoms with van der Waals surface area (Å²) in [5.41, 5.74) is 7.22. The molecule has 2 aromatic rings. The number of nitrogen functional groups attached to an aromatic ring is 1. The van der Waals surface area contributed by atoms with E-state index < -0.39 is 0 Å². The van der Waals surface area contributed by atoms with Crippen LogP contribution in [0.25, 0.3) is 0 Å². The molecule has 28 heavy (non-hydrogen) atoms. The van der Waals surface area contributed by atoms with Gasteiger partial charge in [-0.15, -0.1) is 0 Å². The van der Waals surface area contributed by atoms with Gasteiger partial charge in [0.25, 0.3) is 5.56 Å². The predicted octanol–water partition coefficient (Wildman–Crippen LogP) is 1.31. The van der Waals surface area contributed by atoms with Gasteiger partial charge in [0.2, 0.25) is 0 Å². The van der Waals surface area contributed by atoms with Crippen molar-refractivity contribution in [3.05, 3.63) is 57.8 Å². The standard InChI is InChI=1S/C17H19FN4O2.C2H6.2H2O/c1-10(20-7-12-5-3-4-6-14(12)18)13-8-21-22(17(23)16(13)19)15-9-24-11(15)2;1-2;;/h3-6,8,11,15H,7,9,19H2,1-2H3;1-2H3;2*1H2/t11-,15+;;;/m1.../s1. The summed E-state index contributed by atoms with van der Waals surface area (Å²) < 4.78 is 20.3. The van der Waals surface area contributed by atoms with Gasteiger partial charge in [0.05, 0.1) is 25.5 Å². The van der Waals surface area contributed by atoms with Gasteiger partial charge >= 0.3 is 0 Å². The zero-order valence-corrected chi connectivity index (χ0v) is 16.6. The third kappa shape index (κ3) is 5.22. The summed E-state index contributed by atoms with van der Waals surface area (Å²) in [6, 6.07) is 6.34. The number of anilines is 1. The monoisotopic (exact) mass is 396 g/mol. The van der Waals surface area contributed by atoms with E-state index in [4.69, 9.17) is 10.5 Å². The molecule has 0 amide bonds. The quantitative estimate of drug-likeness (QED) is 0.776. The number of nitrogens with zero attached hydrogens (tertiary/aromatic N) is 3. The minimum Gasteiger partial charge on any atom is -0.412 e. The molecular weight excluding hydrogens is 367 g/mol. The summed E-state index contributed by atoms with van der Waals surface area (Å²) in [4.78, 5) is 16.7. The molecule has 0 bridgehead atoms. The summed E-state index contributed by atoms with van der Waals surface area (Å²) in [5, 5.41) is 4.19. The van der Waals surface area contributed by atoms with Gasteiger partial charge < -0.3 is 21.4 Å². The Morgan fingerprint density at radius 2 is 2.00 bits per heavy atom. The molecule has 1 fully saturated rings. The Labute approximate surface area is 163 Å². The maximum absolute atomic E-state index is 13.6. The Morgan fingerprint density at radius 1 is 1.36 bits per heavy atom. The largest absolute Gasteiger partial charge is 0.412 e. The first kappa shape index (κ1) is 25.4. The average Bonchev–Trinajstić information content (AvgIpc) is 2.65. The number of aromatic nitrogens is 2. The molecule has 1 aromatic heterocycles. The van der Waals surface area contributed by atoms with E-state index in [9.17, 15) is 9.18 Å². The van der Waals surface area contributed by atoms with Gasteiger partial charge in [-0.25, -0.2) is 9.07 Å². The minimum absolute atomic E-state index is 0. The van der Waals surface area contributed by atoms with Gasteiger partial charge in [0.15, 0.2) is 0 Å². The van der Waals surface area contributed by atoms with Crippen LogP contribution in [0.5, 0.6) is 0 Å². The maximum Gasteiger partial charge on any atom is 0.290 e. The number of rotatable bonds is 4. The zero-order chi connectivity index (χ0) is 19.3. The van der Waals surface area contributed by atoms with Crippen LogP contribution in [0.3, 0.4) is 0 Å². The van der Waals surface area contributed by atoms with Crippen molar-refractivity contribution in [2.24, 2.45) is 4.99 Å². The van der Waals surface area contributed by atoms with E-state index >= 15 is 0 Å². The molecule has 9 heteroatoms. The van der Waals surface area contributed by atoms with E-state index in [-0.39, 0.29) is 46.7 Å². The number of halogens is 1. The Bertz CT molecular complexity index is 854. The van der Waals surface area contributed by atoms with Crippen LogP contribution in [0.15, 0.2) is 40.2 Å². The van der Waals surface area contributed by atoms with Crippen LogP contribution >= 0.6 is 0 Å². The van der Waals surface area contributed by atoms with Crippen LogP contribution < -0.4 is 11.3 Å². The average molecular weight is 396 g/mol. The van der Waals surface area contributed by atoms with Crippen LogP contribution in [0.4, 0.5) is 10.1 Å². The van der Waals surface area contributed by atoms with E-state index in [2.05, 4.69) is 10.1 Å². The lowest BCUT2D eigenvalue weighted by atomic mass is 10.1. The molecular formula is C19H29FN4O4. The van der Waals surface area contributed by atoms with Crippen molar-refractivity contribution < 1.29 is 20.1 Å². The smallest absolute Gasteiger partial charge is 0.290 e. The first-order valence-electron chi connectivity index (χ1n) is 8.72. The topological polar surface area (TPSA) is 146 Å². The molecule has 2 atom stereocenters. The Kier molecular flexibility index (Phi) is 10.2. The third-order valence-electron chi connectivity index (χ3n) is 4.26. The SMILES string of the molecule is CC.CC(=NCc1ccccc1F)c1cnn([C@H]2CO[C@@H]2C)c(=O)c1N.O.O. The van der Waals surface area contributed by atoms with Crippen LogP contribution in [0.2, 0.25) is 0 Å². The van der Waals surface area contributed by atoms with E-state index in [1.54, 1.807) is 25.1 Å². The third-order valence-corrected chi connectivity index (χ3v) is 4.26. The second kappa shape index (κ2) is 11.3. The van der Waals surface area contributed by atoms with Crippen molar-refractivity contribution in [1.82, 2.24) is 9.78 Å². The zero-order valence-electron chi connectivity index (χ0n) is 16.6. The van der Waals surface area contributed by atoms with Crippen LogP contribution in [0, 0.1) is 5.82 Å². The molecule has 0 saturated carbocycles. The number of benzene rings is 1. The highest BCUT2D eigenvalue weighted by Gasteiger charge is 2.32. The highest BCUT2D eigenvalue weighted by molar-refractivity contribution is 6.02. The first-order valence-corrected chi connectivity index (χ1v) is 8.72. The highest BCUT2D eigenvalue weighted by atomic mass is 19.1. The fraction of sp³-hybridized carbons (Fsp3) is 0.421. The fourth-order valence-corrected chi connectivity index (χ4v) is 2.56. The number of nitrogens with two attached hydrogens (primary N) is 1. The molecule has 0 radical (unpaired) electrons. The van der Waals surface area contributed by atoms with Crippen molar-refractivity contribution in [2.75, 3.05) is 12.3 Å². The molecule has 8 nitrogen and oxygen atoms in total. The maximum atomic E-state index is 13.6. The Balaban J connectivity index is 0.00000177. The molecule has 2 heterocycles. The van der Waals surface area contributed by atoms with Gasteiger partial charge in [-0.3, -0.25) is 9.79 Å². The summed E-state index contributed by atoms with van der Waals surface area (Å²) in [6.45, 7) is 8.24. The van der Waals surface area contributed by atoms with E-state index in [1.807, 2.05) is 20.8 Å². The van der Waals surface area contributed by atoms with Crippen LogP contribution in [0.1, 0.15) is 44.9 Å². The predicted molar refractivity (Wildman–Crippen MR) is 108 cm³/mol. The number of aliphatic imine (C=N–C) groups is 1. The summed E-state index contributed by atoms with van der Waals surface area (Å²) >= 11 is 0. The molecule has 1 aromatic carbocycles. The molecule has 3 rings (SSSR count). The minimum atomic E-state index is -0.354. The number of ether oxygens (including phenoxy) is 1. The fourth-order valence-electron chi connectivity index (χ4n) is 2.56. The lowest BCUT2D eigenvalue weighted by molar-refractivity contribution is -0.0991. The van der Waals surface area contributed by atoms with Gasteiger partial charge in [-0.2, -0.15) is 5.10 Å². The molecule has 0 spiro atoms. The molecule has 1 aliphatic rings. The first-order chi connectivity index (χ1) is 12.5. The van der Waals surface area contributed by atoms with Crippen LogP contribution in [-0.2, 0) is 11.3 Å². The van der Waals surface area contributed by atoms with Crippen molar-refractivity contribution >= 4 is 11.4 Å². The van der Waals surface area contributed by atoms with Crippen molar-refractivity contribution in [3.8, 4) is 0 Å². The molecule has 6 N–H and O–H groups in total. The van der Waals surface area contributed by atoms with E-state index in [0.717, 1.165) is 0 Å². The lowest BCUT2D eigenvalue weighted by Crippen LogP contribution is -2.45. The number of hydrogen-bond acceptors (Lipinski definition) is 5.